The van der Waals surface area contributed by atoms with Crippen molar-refractivity contribution >= 4 is 29.0 Å². The Morgan fingerprint density at radius 2 is 2.11 bits per heavy atom. The van der Waals surface area contributed by atoms with Gasteiger partial charge in [-0.15, -0.1) is 11.3 Å². The van der Waals surface area contributed by atoms with E-state index in [2.05, 4.69) is 37.8 Å². The first-order valence-electron chi connectivity index (χ1n) is 9.80. The van der Waals surface area contributed by atoms with Crippen LogP contribution < -0.4 is 16.0 Å². The third-order valence-corrected chi connectivity index (χ3v) is 5.46. The van der Waals surface area contributed by atoms with Gasteiger partial charge < -0.3 is 16.0 Å². The van der Waals surface area contributed by atoms with Crippen LogP contribution in [0.15, 0.2) is 17.8 Å². The predicted molar refractivity (Wildman–Crippen MR) is 109 cm³/mol. The fourth-order valence-corrected chi connectivity index (χ4v) is 3.71. The molecule has 3 rings (SSSR count). The highest BCUT2D eigenvalue weighted by Crippen LogP contribution is 2.23. The zero-order valence-corrected chi connectivity index (χ0v) is 16.6. The molecule has 0 bridgehead atoms. The molecule has 1 aliphatic carbocycles. The molecule has 0 aliphatic heterocycles. The first-order chi connectivity index (χ1) is 13.3. The van der Waals surface area contributed by atoms with E-state index in [0.717, 1.165) is 37.2 Å². The number of carbonyl (C=O) groups is 1. The van der Waals surface area contributed by atoms with Crippen LogP contribution in [-0.4, -0.2) is 33.4 Å². The summed E-state index contributed by atoms with van der Waals surface area (Å²) in [4.78, 5) is 25.8. The number of aromatic nitrogens is 3. The SMILES string of the molecule is CCCCNc1ncc(C(=O)NCc2nccs2)c(NC2CCCCC2)n1. The summed E-state index contributed by atoms with van der Waals surface area (Å²) in [5, 5.41) is 12.4. The van der Waals surface area contributed by atoms with Gasteiger partial charge in [0.1, 0.15) is 16.4 Å². The molecule has 0 spiro atoms. The lowest BCUT2D eigenvalue weighted by molar-refractivity contribution is 0.0951. The Morgan fingerprint density at radius 3 is 2.85 bits per heavy atom. The Hall–Kier alpha value is -2.22. The summed E-state index contributed by atoms with van der Waals surface area (Å²) in [5.41, 5.74) is 0.484. The molecule has 146 valence electrons. The van der Waals surface area contributed by atoms with Crippen LogP contribution >= 0.6 is 11.3 Å². The highest BCUT2D eigenvalue weighted by atomic mass is 32.1. The van der Waals surface area contributed by atoms with Gasteiger partial charge in [0.25, 0.3) is 5.91 Å². The van der Waals surface area contributed by atoms with E-state index in [1.807, 2.05) is 5.38 Å². The Balaban J connectivity index is 1.71. The molecular formula is C19H28N6OS. The average Bonchev–Trinajstić information content (AvgIpc) is 3.21. The van der Waals surface area contributed by atoms with E-state index in [0.29, 0.717) is 29.9 Å². The quantitative estimate of drug-likeness (QED) is 0.566. The molecule has 1 aliphatic rings. The van der Waals surface area contributed by atoms with Crippen molar-refractivity contribution < 1.29 is 4.79 Å². The topological polar surface area (TPSA) is 91.8 Å². The van der Waals surface area contributed by atoms with Crippen molar-refractivity contribution in [3.8, 4) is 0 Å². The first kappa shape index (κ1) is 19.5. The standard InChI is InChI=1S/C19H28N6OS/c1-2-3-9-21-19-23-12-15(18(26)22-13-16-20-10-11-27-16)17(25-19)24-14-7-5-4-6-8-14/h10-12,14H,2-9,13H2,1H3,(H,22,26)(H2,21,23,24,25). The molecule has 2 aromatic heterocycles. The summed E-state index contributed by atoms with van der Waals surface area (Å²) in [6, 6.07) is 0.364. The van der Waals surface area contributed by atoms with Crippen LogP contribution in [0.5, 0.6) is 0 Å². The lowest BCUT2D eigenvalue weighted by Gasteiger charge is -2.24. The van der Waals surface area contributed by atoms with E-state index in [9.17, 15) is 4.79 Å². The Morgan fingerprint density at radius 1 is 1.26 bits per heavy atom. The van der Waals surface area contributed by atoms with Gasteiger partial charge in [-0.25, -0.2) is 9.97 Å². The van der Waals surface area contributed by atoms with Gasteiger partial charge in [0.05, 0.1) is 6.54 Å². The Labute approximate surface area is 164 Å². The fraction of sp³-hybridized carbons (Fsp3) is 0.579. The summed E-state index contributed by atoms with van der Waals surface area (Å²) < 4.78 is 0. The zero-order valence-electron chi connectivity index (χ0n) is 15.8. The summed E-state index contributed by atoms with van der Waals surface area (Å²) >= 11 is 1.52. The third-order valence-electron chi connectivity index (χ3n) is 4.68. The van der Waals surface area contributed by atoms with E-state index >= 15 is 0 Å². The number of unbranched alkanes of at least 4 members (excludes halogenated alkanes) is 1. The number of nitrogens with zero attached hydrogens (tertiary/aromatic N) is 3. The number of hydrogen-bond acceptors (Lipinski definition) is 7. The van der Waals surface area contributed by atoms with Crippen LogP contribution in [0.25, 0.3) is 0 Å². The van der Waals surface area contributed by atoms with Crippen molar-refractivity contribution in [3.63, 3.8) is 0 Å². The van der Waals surface area contributed by atoms with Gasteiger partial charge in [-0.2, -0.15) is 4.98 Å². The van der Waals surface area contributed by atoms with Crippen molar-refractivity contribution in [2.45, 2.75) is 64.5 Å². The summed E-state index contributed by atoms with van der Waals surface area (Å²) in [6.45, 7) is 3.39. The largest absolute Gasteiger partial charge is 0.367 e. The number of hydrogen-bond donors (Lipinski definition) is 3. The maximum Gasteiger partial charge on any atom is 0.256 e. The van der Waals surface area contributed by atoms with Gasteiger partial charge in [-0.05, 0) is 19.3 Å². The van der Waals surface area contributed by atoms with E-state index < -0.39 is 0 Å². The zero-order chi connectivity index (χ0) is 18.9. The number of carbonyl (C=O) groups excluding carboxylic acids is 1. The number of anilines is 2. The van der Waals surface area contributed by atoms with Crippen molar-refractivity contribution in [2.75, 3.05) is 17.2 Å². The lowest BCUT2D eigenvalue weighted by atomic mass is 9.95. The molecule has 1 amide bonds. The number of amides is 1. The molecule has 0 atom stereocenters. The van der Waals surface area contributed by atoms with Crippen molar-refractivity contribution in [1.29, 1.82) is 0 Å². The fourth-order valence-electron chi connectivity index (χ4n) is 3.15. The molecule has 1 fully saturated rings. The van der Waals surface area contributed by atoms with Crippen LogP contribution in [-0.2, 0) is 6.54 Å². The second-order valence-corrected chi connectivity index (χ2v) is 7.80. The highest BCUT2D eigenvalue weighted by Gasteiger charge is 2.19. The number of nitrogens with one attached hydrogen (secondary N) is 3. The van der Waals surface area contributed by atoms with E-state index in [1.165, 1.54) is 30.6 Å². The third kappa shape index (κ3) is 5.89. The van der Waals surface area contributed by atoms with Gasteiger partial charge in [0, 0.05) is 30.4 Å². The average molecular weight is 389 g/mol. The van der Waals surface area contributed by atoms with E-state index in [1.54, 1.807) is 12.4 Å². The Bertz CT molecular complexity index is 715. The van der Waals surface area contributed by atoms with Gasteiger partial charge in [0.15, 0.2) is 0 Å². The molecule has 7 nitrogen and oxygen atoms in total. The van der Waals surface area contributed by atoms with Crippen LogP contribution in [0.1, 0.15) is 67.2 Å². The monoisotopic (exact) mass is 388 g/mol. The minimum Gasteiger partial charge on any atom is -0.367 e. The maximum atomic E-state index is 12.7. The second kappa shape index (κ2) is 10.2. The normalized spacial score (nSPS) is 14.7. The van der Waals surface area contributed by atoms with Gasteiger partial charge >= 0.3 is 0 Å². The summed E-state index contributed by atoms with van der Waals surface area (Å²) in [5.74, 6) is 1.01. The molecule has 0 unspecified atom stereocenters. The molecule has 1 saturated carbocycles. The van der Waals surface area contributed by atoms with Crippen LogP contribution in [0.4, 0.5) is 11.8 Å². The number of thiazole rings is 1. The molecule has 2 heterocycles. The molecule has 2 aromatic rings. The predicted octanol–water partition coefficient (Wildman–Crippen LogP) is 3.82. The molecule has 27 heavy (non-hydrogen) atoms. The second-order valence-electron chi connectivity index (χ2n) is 6.82. The van der Waals surface area contributed by atoms with Crippen molar-refractivity contribution in [1.82, 2.24) is 20.3 Å². The highest BCUT2D eigenvalue weighted by molar-refractivity contribution is 7.09. The maximum absolute atomic E-state index is 12.7. The molecular weight excluding hydrogens is 360 g/mol. The van der Waals surface area contributed by atoms with Gasteiger partial charge in [0.2, 0.25) is 5.95 Å². The van der Waals surface area contributed by atoms with E-state index in [4.69, 9.17) is 0 Å². The summed E-state index contributed by atoms with van der Waals surface area (Å²) in [6.07, 6.45) is 11.5. The minimum atomic E-state index is -0.177. The van der Waals surface area contributed by atoms with Crippen molar-refractivity contribution in [2.24, 2.45) is 0 Å². The van der Waals surface area contributed by atoms with E-state index in [-0.39, 0.29) is 5.91 Å². The van der Waals surface area contributed by atoms with Crippen LogP contribution in [0, 0.1) is 0 Å². The Kier molecular flexibility index (Phi) is 7.38. The molecule has 0 saturated heterocycles. The molecule has 0 aromatic carbocycles. The lowest BCUT2D eigenvalue weighted by Crippen LogP contribution is -2.28. The molecule has 0 radical (unpaired) electrons. The summed E-state index contributed by atoms with van der Waals surface area (Å²) in [7, 11) is 0. The molecule has 3 N–H and O–H groups in total. The first-order valence-corrected chi connectivity index (χ1v) is 10.7. The van der Waals surface area contributed by atoms with Gasteiger partial charge in [-0.3, -0.25) is 4.79 Å². The van der Waals surface area contributed by atoms with Gasteiger partial charge in [-0.1, -0.05) is 32.6 Å². The number of rotatable bonds is 9. The molecule has 8 heteroatoms. The minimum absolute atomic E-state index is 0.177. The van der Waals surface area contributed by atoms with Crippen molar-refractivity contribution in [3.05, 3.63) is 28.3 Å². The van der Waals surface area contributed by atoms with Crippen LogP contribution in [0.2, 0.25) is 0 Å². The smallest absolute Gasteiger partial charge is 0.256 e. The van der Waals surface area contributed by atoms with Crippen LogP contribution in [0.3, 0.4) is 0 Å².